The molecule has 0 bridgehead atoms. The number of thiocarbonyl (C=S) groups is 1. The van der Waals surface area contributed by atoms with Crippen molar-refractivity contribution in [1.82, 2.24) is 0 Å². The van der Waals surface area contributed by atoms with Gasteiger partial charge in [0, 0.05) is 11.3 Å². The van der Waals surface area contributed by atoms with Crippen molar-refractivity contribution in [3.8, 4) is 0 Å². The number of hydrogen-bond donors (Lipinski definition) is 1. The fourth-order valence-corrected chi connectivity index (χ4v) is 3.55. The van der Waals surface area contributed by atoms with Gasteiger partial charge in [-0.15, -0.1) is 0 Å². The van der Waals surface area contributed by atoms with E-state index in [1.807, 2.05) is 31.2 Å². The van der Waals surface area contributed by atoms with Gasteiger partial charge in [-0.25, -0.2) is 4.79 Å². The monoisotopic (exact) mass is 373 g/mol. The molecule has 0 amide bonds. The summed E-state index contributed by atoms with van der Waals surface area (Å²) >= 11 is 11.7. The van der Waals surface area contributed by atoms with Crippen LogP contribution in [0.3, 0.4) is 0 Å². The number of anilines is 1. The maximum atomic E-state index is 12.4. The molecule has 25 heavy (non-hydrogen) atoms. The highest BCUT2D eigenvalue weighted by molar-refractivity contribution is 7.81. The molecule has 0 radical (unpaired) electrons. The summed E-state index contributed by atoms with van der Waals surface area (Å²) in [7, 11) is 0. The molecule has 1 saturated carbocycles. The zero-order valence-electron chi connectivity index (χ0n) is 14.0. The van der Waals surface area contributed by atoms with Gasteiger partial charge >= 0.3 is 5.97 Å². The van der Waals surface area contributed by atoms with Crippen molar-refractivity contribution in [3.63, 3.8) is 0 Å². The van der Waals surface area contributed by atoms with Crippen LogP contribution in [-0.4, -0.2) is 17.1 Å². The topological polar surface area (TPSA) is 38.3 Å². The van der Waals surface area contributed by atoms with Crippen LogP contribution in [0.25, 0.3) is 0 Å². The van der Waals surface area contributed by atoms with Crippen LogP contribution in [0.4, 0.5) is 5.69 Å². The van der Waals surface area contributed by atoms with Gasteiger partial charge in [0.1, 0.15) is 11.1 Å². The molecule has 0 unspecified atom stereocenters. The van der Waals surface area contributed by atoms with Crippen molar-refractivity contribution in [2.45, 2.75) is 38.7 Å². The molecule has 3 nitrogen and oxygen atoms in total. The Bertz CT molecular complexity index is 800. The Morgan fingerprint density at radius 3 is 2.60 bits per heavy atom. The molecule has 0 aliphatic heterocycles. The van der Waals surface area contributed by atoms with E-state index in [1.54, 1.807) is 18.2 Å². The van der Waals surface area contributed by atoms with E-state index >= 15 is 0 Å². The molecule has 0 spiro atoms. The maximum absolute atomic E-state index is 12.4. The molecule has 2 aromatic rings. The lowest BCUT2D eigenvalue weighted by molar-refractivity contribution is 0.0318. The van der Waals surface area contributed by atoms with Crippen LogP contribution >= 0.6 is 23.8 Å². The van der Waals surface area contributed by atoms with E-state index in [4.69, 9.17) is 28.6 Å². The van der Waals surface area contributed by atoms with Crippen LogP contribution in [0.2, 0.25) is 5.02 Å². The van der Waals surface area contributed by atoms with Crippen LogP contribution in [0.15, 0.2) is 42.5 Å². The number of carbonyl (C=O) groups is 1. The van der Waals surface area contributed by atoms with E-state index in [-0.39, 0.29) is 12.1 Å². The number of ether oxygens (including phenoxy) is 1. The van der Waals surface area contributed by atoms with Gasteiger partial charge in [0.25, 0.3) is 0 Å². The van der Waals surface area contributed by atoms with Crippen LogP contribution in [-0.2, 0) is 4.74 Å². The van der Waals surface area contributed by atoms with Crippen molar-refractivity contribution < 1.29 is 9.53 Å². The number of halogens is 1. The SMILES string of the molecule is Cc1ccccc1C(=S)Nc1ccc(Cl)c(C(=O)OC2CCCC2)c1. The second kappa shape index (κ2) is 7.98. The first-order valence-electron chi connectivity index (χ1n) is 8.42. The Balaban J connectivity index is 1.75. The summed E-state index contributed by atoms with van der Waals surface area (Å²) in [5.41, 5.74) is 3.14. The van der Waals surface area contributed by atoms with Gasteiger partial charge in [-0.1, -0.05) is 48.1 Å². The second-order valence-electron chi connectivity index (χ2n) is 6.28. The number of nitrogens with one attached hydrogen (secondary N) is 1. The van der Waals surface area contributed by atoms with Crippen LogP contribution in [0, 0.1) is 6.92 Å². The summed E-state index contributed by atoms with van der Waals surface area (Å²) < 4.78 is 5.56. The summed E-state index contributed by atoms with van der Waals surface area (Å²) in [4.78, 5) is 13.0. The van der Waals surface area contributed by atoms with E-state index in [2.05, 4.69) is 5.32 Å². The minimum atomic E-state index is -0.373. The first kappa shape index (κ1) is 17.9. The third-order valence-corrected chi connectivity index (χ3v) is 5.06. The second-order valence-corrected chi connectivity index (χ2v) is 7.09. The van der Waals surface area contributed by atoms with E-state index in [0.29, 0.717) is 15.6 Å². The largest absolute Gasteiger partial charge is 0.459 e. The highest BCUT2D eigenvalue weighted by Crippen LogP contribution is 2.26. The average molecular weight is 374 g/mol. The molecule has 2 aromatic carbocycles. The summed E-state index contributed by atoms with van der Waals surface area (Å²) in [6.45, 7) is 2.01. The predicted octanol–water partition coefficient (Wildman–Crippen LogP) is 5.54. The summed E-state index contributed by atoms with van der Waals surface area (Å²) in [6.07, 6.45) is 4.08. The van der Waals surface area contributed by atoms with Gasteiger partial charge < -0.3 is 10.1 Å². The molecule has 0 saturated heterocycles. The molecule has 1 aliphatic rings. The highest BCUT2D eigenvalue weighted by Gasteiger charge is 2.22. The van der Waals surface area contributed by atoms with Gasteiger partial charge in [0.2, 0.25) is 0 Å². The van der Waals surface area contributed by atoms with Crippen LogP contribution in [0.5, 0.6) is 0 Å². The molecule has 5 heteroatoms. The number of hydrogen-bond acceptors (Lipinski definition) is 3. The minimum absolute atomic E-state index is 0.00762. The zero-order chi connectivity index (χ0) is 17.8. The van der Waals surface area contributed by atoms with E-state index in [9.17, 15) is 4.79 Å². The summed E-state index contributed by atoms with van der Waals surface area (Å²) in [5, 5.41) is 3.56. The number of carbonyl (C=O) groups excluding carboxylic acids is 1. The lowest BCUT2D eigenvalue weighted by atomic mass is 10.1. The van der Waals surface area contributed by atoms with Crippen molar-refractivity contribution in [1.29, 1.82) is 0 Å². The minimum Gasteiger partial charge on any atom is -0.459 e. The lowest BCUT2D eigenvalue weighted by Gasteiger charge is -2.14. The maximum Gasteiger partial charge on any atom is 0.340 e. The zero-order valence-corrected chi connectivity index (χ0v) is 15.6. The van der Waals surface area contributed by atoms with Crippen molar-refractivity contribution in [2.24, 2.45) is 0 Å². The Hall–Kier alpha value is -1.91. The average Bonchev–Trinajstić information content (AvgIpc) is 3.09. The smallest absolute Gasteiger partial charge is 0.340 e. The van der Waals surface area contributed by atoms with E-state index < -0.39 is 0 Å². The molecule has 1 fully saturated rings. The fraction of sp³-hybridized carbons (Fsp3) is 0.300. The summed E-state index contributed by atoms with van der Waals surface area (Å²) in [5.74, 6) is -0.373. The Morgan fingerprint density at radius 2 is 1.88 bits per heavy atom. The van der Waals surface area contributed by atoms with Crippen LogP contribution in [0.1, 0.15) is 47.2 Å². The van der Waals surface area contributed by atoms with E-state index in [0.717, 1.165) is 42.5 Å². The molecule has 0 aromatic heterocycles. The molecule has 0 atom stereocenters. The van der Waals surface area contributed by atoms with Crippen molar-refractivity contribution in [3.05, 3.63) is 64.2 Å². The Labute approximate surface area is 158 Å². The Morgan fingerprint density at radius 1 is 1.16 bits per heavy atom. The Kier molecular flexibility index (Phi) is 5.71. The van der Waals surface area contributed by atoms with Gasteiger partial charge in [0.05, 0.1) is 10.6 Å². The first-order valence-corrected chi connectivity index (χ1v) is 9.21. The third kappa shape index (κ3) is 4.39. The standard InChI is InChI=1S/C20H20ClNO2S/c1-13-6-2-5-9-16(13)19(25)22-14-10-11-18(21)17(12-14)20(23)24-15-7-3-4-8-15/h2,5-6,9-12,15H,3-4,7-8H2,1H3,(H,22,25). The van der Waals surface area contributed by atoms with Gasteiger partial charge in [-0.3, -0.25) is 0 Å². The molecule has 130 valence electrons. The van der Waals surface area contributed by atoms with E-state index in [1.165, 1.54) is 0 Å². The molecular formula is C20H20ClNO2S. The third-order valence-electron chi connectivity index (χ3n) is 4.41. The van der Waals surface area contributed by atoms with Gasteiger partial charge in [0.15, 0.2) is 0 Å². The van der Waals surface area contributed by atoms with Crippen LogP contribution < -0.4 is 5.32 Å². The number of rotatable bonds is 4. The number of aryl methyl sites for hydroxylation is 1. The van der Waals surface area contributed by atoms with Crippen molar-refractivity contribution in [2.75, 3.05) is 5.32 Å². The molecule has 1 aliphatic carbocycles. The van der Waals surface area contributed by atoms with Gasteiger partial charge in [-0.2, -0.15) is 0 Å². The lowest BCUT2D eigenvalue weighted by Crippen LogP contribution is -2.16. The molecule has 0 heterocycles. The quantitative estimate of drug-likeness (QED) is 0.564. The number of esters is 1. The fourth-order valence-electron chi connectivity index (χ4n) is 3.01. The molecular weight excluding hydrogens is 354 g/mol. The van der Waals surface area contributed by atoms with Gasteiger partial charge in [-0.05, 0) is 56.4 Å². The first-order chi connectivity index (χ1) is 12.0. The normalized spacial score (nSPS) is 14.3. The van der Waals surface area contributed by atoms with Crippen molar-refractivity contribution >= 4 is 40.5 Å². The number of benzene rings is 2. The predicted molar refractivity (Wildman–Crippen MR) is 106 cm³/mol. The summed E-state index contributed by atoms with van der Waals surface area (Å²) in [6, 6.07) is 13.1. The highest BCUT2D eigenvalue weighted by atomic mass is 35.5. The molecule has 3 rings (SSSR count). The molecule has 1 N–H and O–H groups in total.